The van der Waals surface area contributed by atoms with Gasteiger partial charge in [-0.25, -0.2) is 0 Å². The van der Waals surface area contributed by atoms with E-state index >= 15 is 0 Å². The van der Waals surface area contributed by atoms with Crippen molar-refractivity contribution in [1.82, 2.24) is 4.31 Å². The van der Waals surface area contributed by atoms with Gasteiger partial charge in [0.15, 0.2) is 0 Å². The van der Waals surface area contributed by atoms with Crippen LogP contribution in [0.5, 0.6) is 0 Å². The van der Waals surface area contributed by atoms with Crippen molar-refractivity contribution in [3.63, 3.8) is 0 Å². The Morgan fingerprint density at radius 3 is 3.10 bits per heavy atom. The van der Waals surface area contributed by atoms with Crippen LogP contribution >= 0.6 is 20.5 Å². The van der Waals surface area contributed by atoms with Crippen LogP contribution in [0.3, 0.4) is 0 Å². The van der Waals surface area contributed by atoms with Crippen molar-refractivity contribution in [2.75, 3.05) is 7.05 Å². The highest BCUT2D eigenvalue weighted by atomic mass is 33.1. The number of hydrogen-bond donors (Lipinski definition) is 0. The number of rotatable bonds is 0. The van der Waals surface area contributed by atoms with Crippen LogP contribution in [-0.4, -0.2) is 16.2 Å². The second-order valence-corrected chi connectivity index (χ2v) is 6.16. The van der Waals surface area contributed by atoms with E-state index in [0.29, 0.717) is 9.70 Å². The first-order valence-electron chi connectivity index (χ1n) is 3.16. The minimum absolute atomic E-state index is 0.320. The molecule has 0 N–H and O–H groups in total. The molecule has 54 valence electrons. The van der Waals surface area contributed by atoms with Gasteiger partial charge in [0.05, 0.1) is 0 Å². The van der Waals surface area contributed by atoms with Gasteiger partial charge in [-0.05, 0) is 44.5 Å². The number of nitrogens with zero attached hydrogens (tertiary/aromatic N) is 1. The second kappa shape index (κ2) is 2.17. The van der Waals surface area contributed by atoms with E-state index < -0.39 is 0 Å². The monoisotopic (exact) mass is 171 g/mol. The van der Waals surface area contributed by atoms with Crippen molar-refractivity contribution in [2.24, 2.45) is 0 Å². The minimum Gasteiger partial charge on any atom is -0.323 e. The van der Waals surface area contributed by atoms with Gasteiger partial charge in [-0.3, -0.25) is 0 Å². The molecule has 0 aliphatic carbocycles. The molecular weight excluding hydrogens is 162 g/mol. The summed E-state index contributed by atoms with van der Waals surface area (Å²) in [6.07, 6.45) is 6.62. The molecule has 0 saturated carbocycles. The molecule has 1 unspecified atom stereocenters. The largest absolute Gasteiger partial charge is 0.323 e. The average molecular weight is 171 g/mol. The molecule has 0 aromatic carbocycles. The van der Waals surface area contributed by atoms with E-state index in [1.165, 1.54) is 9.77 Å². The fourth-order valence-corrected chi connectivity index (χ4v) is 4.68. The Labute approximate surface area is 67.3 Å². The first-order chi connectivity index (χ1) is 4.77. The van der Waals surface area contributed by atoms with Gasteiger partial charge in [-0.1, -0.05) is 0 Å². The van der Waals surface area contributed by atoms with Crippen LogP contribution in [0.4, 0.5) is 0 Å². The van der Waals surface area contributed by atoms with Crippen LogP contribution in [0.1, 0.15) is 6.92 Å². The molecule has 0 aromatic heterocycles. The lowest BCUT2D eigenvalue weighted by atomic mass is 10.4. The lowest BCUT2D eigenvalue weighted by molar-refractivity contribution is 0.787. The Hall–Kier alpha value is -0.150. The minimum atomic E-state index is 0.320. The summed E-state index contributed by atoms with van der Waals surface area (Å²) < 4.78 is 2.27. The zero-order chi connectivity index (χ0) is 7.14. The summed E-state index contributed by atoms with van der Waals surface area (Å²) in [7, 11) is 4.41. The Bertz CT molecular complexity index is 263. The lowest BCUT2D eigenvalue weighted by Gasteiger charge is -2.11. The van der Waals surface area contributed by atoms with Gasteiger partial charge in [0.1, 0.15) is 0 Å². The predicted molar refractivity (Wildman–Crippen MR) is 50.8 cm³/mol. The van der Waals surface area contributed by atoms with E-state index in [2.05, 4.69) is 36.6 Å². The highest BCUT2D eigenvalue weighted by Gasteiger charge is 2.17. The molecule has 0 spiro atoms. The van der Waals surface area contributed by atoms with Crippen molar-refractivity contribution in [3.05, 3.63) is 23.3 Å². The van der Waals surface area contributed by atoms with Crippen LogP contribution in [0.2, 0.25) is 0 Å². The summed E-state index contributed by atoms with van der Waals surface area (Å²) in [5.74, 6) is 0. The molecule has 0 bridgehead atoms. The SMILES string of the molecule is CC1=CC2=S(S1)N(C)C=C2. The molecule has 2 heterocycles. The van der Waals surface area contributed by atoms with Gasteiger partial charge in [0.2, 0.25) is 0 Å². The molecule has 3 heteroatoms. The first-order valence-corrected chi connectivity index (χ1v) is 5.68. The van der Waals surface area contributed by atoms with Crippen molar-refractivity contribution in [2.45, 2.75) is 6.92 Å². The van der Waals surface area contributed by atoms with Crippen molar-refractivity contribution >= 4 is 25.4 Å². The van der Waals surface area contributed by atoms with Crippen LogP contribution < -0.4 is 0 Å². The van der Waals surface area contributed by atoms with E-state index in [1.54, 1.807) is 0 Å². The quantitative estimate of drug-likeness (QED) is 0.406. The smallest absolute Gasteiger partial charge is 0.0301 e. The molecule has 0 saturated heterocycles. The highest BCUT2D eigenvalue weighted by molar-refractivity contribution is 8.85. The fourth-order valence-electron chi connectivity index (χ4n) is 1.01. The maximum absolute atomic E-state index is 2.27. The van der Waals surface area contributed by atoms with Gasteiger partial charge in [-0.2, -0.15) is 0 Å². The van der Waals surface area contributed by atoms with Gasteiger partial charge in [-0.15, -0.1) is 0 Å². The Kier molecular flexibility index (Phi) is 1.42. The summed E-state index contributed by atoms with van der Waals surface area (Å²) in [6.45, 7) is 2.17. The van der Waals surface area contributed by atoms with Crippen molar-refractivity contribution in [1.29, 1.82) is 0 Å². The normalized spacial score (nSPS) is 29.4. The molecule has 0 fully saturated rings. The molecule has 10 heavy (non-hydrogen) atoms. The molecule has 2 aliphatic heterocycles. The zero-order valence-electron chi connectivity index (χ0n) is 6.00. The van der Waals surface area contributed by atoms with E-state index in [0.717, 1.165) is 0 Å². The molecule has 0 amide bonds. The summed E-state index contributed by atoms with van der Waals surface area (Å²) in [4.78, 5) is 2.92. The zero-order valence-corrected chi connectivity index (χ0v) is 7.63. The Balaban J connectivity index is 2.36. The van der Waals surface area contributed by atoms with Gasteiger partial charge in [0, 0.05) is 18.1 Å². The standard InChI is InChI=1S/C7H9NS2/c1-6-5-7-3-4-8(2)10(7)9-6/h3-5H,1-2H3. The van der Waals surface area contributed by atoms with E-state index in [1.807, 2.05) is 10.8 Å². The maximum atomic E-state index is 2.27. The summed E-state index contributed by atoms with van der Waals surface area (Å²) >= 11 is 0. The van der Waals surface area contributed by atoms with Crippen LogP contribution in [0.15, 0.2) is 23.3 Å². The van der Waals surface area contributed by atoms with E-state index in [-0.39, 0.29) is 0 Å². The summed E-state index contributed by atoms with van der Waals surface area (Å²) in [5, 5.41) is 0. The predicted octanol–water partition coefficient (Wildman–Crippen LogP) is 2.37. The molecule has 2 rings (SSSR count). The van der Waals surface area contributed by atoms with Crippen molar-refractivity contribution in [3.8, 4) is 0 Å². The van der Waals surface area contributed by atoms with E-state index in [9.17, 15) is 0 Å². The summed E-state index contributed by atoms with van der Waals surface area (Å²) in [5.41, 5.74) is 0. The molecule has 1 nitrogen and oxygen atoms in total. The first kappa shape index (κ1) is 6.55. The fraction of sp³-hybridized carbons (Fsp3) is 0.286. The average Bonchev–Trinajstić information content (AvgIpc) is 2.35. The molecule has 0 aromatic rings. The summed E-state index contributed by atoms with van der Waals surface area (Å²) in [6, 6.07) is 0. The maximum Gasteiger partial charge on any atom is 0.0301 e. The molecular formula is C7H9NS2. The molecule has 0 radical (unpaired) electrons. The molecule has 1 atom stereocenters. The Morgan fingerprint density at radius 1 is 1.60 bits per heavy atom. The van der Waals surface area contributed by atoms with Crippen LogP contribution in [-0.2, 0) is 0 Å². The van der Waals surface area contributed by atoms with Gasteiger partial charge >= 0.3 is 0 Å². The van der Waals surface area contributed by atoms with Gasteiger partial charge in [0.25, 0.3) is 0 Å². The van der Waals surface area contributed by atoms with Gasteiger partial charge < -0.3 is 4.31 Å². The number of hydrogen-bond acceptors (Lipinski definition) is 2. The van der Waals surface area contributed by atoms with E-state index in [4.69, 9.17) is 0 Å². The lowest BCUT2D eigenvalue weighted by Crippen LogP contribution is -1.94. The Morgan fingerprint density at radius 2 is 2.40 bits per heavy atom. The second-order valence-electron chi connectivity index (χ2n) is 2.35. The molecule has 2 aliphatic rings. The van der Waals surface area contributed by atoms with Crippen LogP contribution in [0.25, 0.3) is 0 Å². The third kappa shape index (κ3) is 0.847. The topological polar surface area (TPSA) is 3.24 Å². The third-order valence-corrected chi connectivity index (χ3v) is 5.85. The van der Waals surface area contributed by atoms with Crippen LogP contribution in [0, 0.1) is 0 Å². The highest BCUT2D eigenvalue weighted by Crippen LogP contribution is 2.48. The van der Waals surface area contributed by atoms with Crippen molar-refractivity contribution < 1.29 is 0 Å². The third-order valence-electron chi connectivity index (χ3n) is 1.47. The number of allylic oxidation sites excluding steroid dienone is 3.